The second-order valence-corrected chi connectivity index (χ2v) is 4.33. The fraction of sp³-hybridized carbons (Fsp3) is 0.900. The second kappa shape index (κ2) is 4.28. The predicted molar refractivity (Wildman–Crippen MR) is 52.8 cm³/mol. The molecule has 2 saturated heterocycles. The van der Waals surface area contributed by atoms with Crippen LogP contribution in [0.3, 0.4) is 0 Å². The molecule has 0 spiro atoms. The quantitative estimate of drug-likeness (QED) is 0.642. The van der Waals surface area contributed by atoms with Crippen LogP contribution in [0, 0.1) is 0 Å². The Morgan fingerprint density at radius 3 is 2.64 bits per heavy atom. The van der Waals surface area contributed by atoms with Crippen LogP contribution in [0.5, 0.6) is 0 Å². The number of rotatable bonds is 2. The Balaban J connectivity index is 1.72. The molecule has 0 aliphatic carbocycles. The van der Waals surface area contributed by atoms with E-state index in [2.05, 4.69) is 10.2 Å². The maximum absolute atomic E-state index is 11.0. The van der Waals surface area contributed by atoms with Crippen LogP contribution in [-0.4, -0.2) is 47.7 Å². The lowest BCUT2D eigenvalue weighted by Gasteiger charge is -2.31. The molecule has 4 nitrogen and oxygen atoms in total. The Hall–Kier alpha value is -0.610. The van der Waals surface area contributed by atoms with Crippen LogP contribution in [0.15, 0.2) is 0 Å². The first-order chi connectivity index (χ1) is 6.74. The fourth-order valence-electron chi connectivity index (χ4n) is 2.23. The van der Waals surface area contributed by atoms with Crippen molar-refractivity contribution in [3.05, 3.63) is 0 Å². The highest BCUT2D eigenvalue weighted by Crippen LogP contribution is 2.13. The normalized spacial score (nSPS) is 30.6. The average Bonchev–Trinajstić information content (AvgIpc) is 2.56. The predicted octanol–water partition coefficient (Wildman–Crippen LogP) is -0.278. The number of nitrogens with zero attached hydrogens (tertiary/aromatic N) is 1. The number of amides is 1. The fourth-order valence-corrected chi connectivity index (χ4v) is 2.23. The average molecular weight is 198 g/mol. The van der Waals surface area contributed by atoms with Gasteiger partial charge in [0.1, 0.15) is 0 Å². The van der Waals surface area contributed by atoms with Crippen molar-refractivity contribution in [2.75, 3.05) is 19.6 Å². The summed E-state index contributed by atoms with van der Waals surface area (Å²) in [5, 5.41) is 12.3. The van der Waals surface area contributed by atoms with Crippen LogP contribution in [0.4, 0.5) is 0 Å². The number of hydrogen-bond acceptors (Lipinski definition) is 3. The van der Waals surface area contributed by atoms with Gasteiger partial charge in [0.25, 0.3) is 0 Å². The highest BCUT2D eigenvalue weighted by atomic mass is 16.3. The molecule has 80 valence electrons. The summed E-state index contributed by atoms with van der Waals surface area (Å²) in [6.45, 7) is 2.89. The molecule has 0 aromatic heterocycles. The van der Waals surface area contributed by atoms with Crippen molar-refractivity contribution in [3.8, 4) is 0 Å². The van der Waals surface area contributed by atoms with E-state index in [1.807, 2.05) is 0 Å². The van der Waals surface area contributed by atoms with Crippen molar-refractivity contribution < 1.29 is 9.90 Å². The lowest BCUT2D eigenvalue weighted by molar-refractivity contribution is -0.119. The molecule has 0 radical (unpaired) electrons. The number of piperidine rings is 1. The Morgan fingerprint density at radius 2 is 2.07 bits per heavy atom. The zero-order valence-electron chi connectivity index (χ0n) is 8.41. The minimum atomic E-state index is -0.107. The van der Waals surface area contributed by atoms with Gasteiger partial charge in [0, 0.05) is 32.1 Å². The van der Waals surface area contributed by atoms with E-state index in [4.69, 9.17) is 0 Å². The van der Waals surface area contributed by atoms with Gasteiger partial charge in [-0.25, -0.2) is 0 Å². The molecule has 2 fully saturated rings. The topological polar surface area (TPSA) is 52.6 Å². The van der Waals surface area contributed by atoms with Crippen molar-refractivity contribution in [3.63, 3.8) is 0 Å². The molecular formula is C10H18N2O2. The van der Waals surface area contributed by atoms with E-state index < -0.39 is 0 Å². The second-order valence-electron chi connectivity index (χ2n) is 4.33. The van der Waals surface area contributed by atoms with Gasteiger partial charge in [-0.1, -0.05) is 0 Å². The SMILES string of the molecule is O=C1CCC(CN2CCC(O)CC2)N1. The number of likely N-dealkylation sites (tertiary alicyclic amines) is 1. The van der Waals surface area contributed by atoms with Crippen LogP contribution < -0.4 is 5.32 Å². The minimum Gasteiger partial charge on any atom is -0.393 e. The van der Waals surface area contributed by atoms with E-state index in [0.717, 1.165) is 38.9 Å². The van der Waals surface area contributed by atoms with Gasteiger partial charge < -0.3 is 15.3 Å². The molecule has 1 amide bonds. The number of hydrogen-bond donors (Lipinski definition) is 2. The number of aliphatic hydroxyl groups excluding tert-OH is 1. The Kier molecular flexibility index (Phi) is 3.03. The van der Waals surface area contributed by atoms with Gasteiger partial charge in [0.05, 0.1) is 6.10 Å². The Labute approximate surface area is 84.3 Å². The molecule has 14 heavy (non-hydrogen) atoms. The van der Waals surface area contributed by atoms with E-state index in [9.17, 15) is 9.90 Å². The van der Waals surface area contributed by atoms with Crippen molar-refractivity contribution in [1.82, 2.24) is 10.2 Å². The molecule has 1 unspecified atom stereocenters. The third-order valence-corrected chi connectivity index (χ3v) is 3.12. The Bertz CT molecular complexity index is 212. The first-order valence-corrected chi connectivity index (χ1v) is 5.44. The van der Waals surface area contributed by atoms with E-state index in [1.165, 1.54) is 0 Å². The first-order valence-electron chi connectivity index (χ1n) is 5.44. The number of carbonyl (C=O) groups excluding carboxylic acids is 1. The highest BCUT2D eigenvalue weighted by molar-refractivity contribution is 5.78. The summed E-state index contributed by atoms with van der Waals surface area (Å²) in [5.74, 6) is 0.187. The summed E-state index contributed by atoms with van der Waals surface area (Å²) < 4.78 is 0. The van der Waals surface area contributed by atoms with E-state index in [-0.39, 0.29) is 12.0 Å². The van der Waals surface area contributed by atoms with E-state index >= 15 is 0 Å². The summed E-state index contributed by atoms with van der Waals surface area (Å²) in [4.78, 5) is 13.3. The third-order valence-electron chi connectivity index (χ3n) is 3.12. The molecule has 2 N–H and O–H groups in total. The van der Waals surface area contributed by atoms with Crippen LogP contribution in [0.1, 0.15) is 25.7 Å². The first kappa shape index (κ1) is 9.93. The summed E-state index contributed by atoms with van der Waals surface area (Å²) in [6, 6.07) is 0.345. The highest BCUT2D eigenvalue weighted by Gasteiger charge is 2.25. The molecule has 0 aromatic carbocycles. The van der Waals surface area contributed by atoms with Crippen molar-refractivity contribution in [2.45, 2.75) is 37.8 Å². The van der Waals surface area contributed by atoms with Crippen LogP contribution in [-0.2, 0) is 4.79 Å². The van der Waals surface area contributed by atoms with E-state index in [1.54, 1.807) is 0 Å². The lowest BCUT2D eigenvalue weighted by atomic mass is 10.1. The van der Waals surface area contributed by atoms with Gasteiger partial charge in [0.2, 0.25) is 5.91 Å². The standard InChI is InChI=1S/C10H18N2O2/c13-9-3-5-12(6-4-9)7-8-1-2-10(14)11-8/h8-9,13H,1-7H2,(H,11,14). The summed E-state index contributed by atoms with van der Waals surface area (Å²) in [6.07, 6.45) is 3.30. The summed E-state index contributed by atoms with van der Waals surface area (Å²) >= 11 is 0. The maximum Gasteiger partial charge on any atom is 0.220 e. The number of nitrogens with one attached hydrogen (secondary N) is 1. The van der Waals surface area contributed by atoms with Gasteiger partial charge in [-0.05, 0) is 19.3 Å². The van der Waals surface area contributed by atoms with Gasteiger partial charge in [0.15, 0.2) is 0 Å². The lowest BCUT2D eigenvalue weighted by Crippen LogP contribution is -2.43. The Morgan fingerprint density at radius 1 is 1.36 bits per heavy atom. The van der Waals surface area contributed by atoms with Gasteiger partial charge >= 0.3 is 0 Å². The molecule has 2 aliphatic rings. The summed E-state index contributed by atoms with van der Waals surface area (Å²) in [5.41, 5.74) is 0. The smallest absolute Gasteiger partial charge is 0.220 e. The van der Waals surface area contributed by atoms with E-state index in [0.29, 0.717) is 12.5 Å². The monoisotopic (exact) mass is 198 g/mol. The van der Waals surface area contributed by atoms with Gasteiger partial charge in [-0.3, -0.25) is 4.79 Å². The van der Waals surface area contributed by atoms with Crippen molar-refractivity contribution in [2.24, 2.45) is 0 Å². The molecular weight excluding hydrogens is 180 g/mol. The minimum absolute atomic E-state index is 0.107. The van der Waals surface area contributed by atoms with Gasteiger partial charge in [-0.15, -0.1) is 0 Å². The zero-order chi connectivity index (χ0) is 9.97. The molecule has 0 aromatic rings. The number of aliphatic hydroxyl groups is 1. The third kappa shape index (κ3) is 2.45. The molecule has 2 rings (SSSR count). The molecule has 0 bridgehead atoms. The number of carbonyl (C=O) groups is 1. The van der Waals surface area contributed by atoms with Crippen LogP contribution in [0.25, 0.3) is 0 Å². The van der Waals surface area contributed by atoms with Crippen molar-refractivity contribution in [1.29, 1.82) is 0 Å². The molecule has 2 heterocycles. The largest absolute Gasteiger partial charge is 0.393 e. The zero-order valence-corrected chi connectivity index (χ0v) is 8.41. The summed E-state index contributed by atoms with van der Waals surface area (Å²) in [7, 11) is 0. The van der Waals surface area contributed by atoms with Crippen LogP contribution >= 0.6 is 0 Å². The molecule has 2 aliphatic heterocycles. The van der Waals surface area contributed by atoms with Gasteiger partial charge in [-0.2, -0.15) is 0 Å². The van der Waals surface area contributed by atoms with Crippen LogP contribution in [0.2, 0.25) is 0 Å². The molecule has 4 heteroatoms. The molecule has 0 saturated carbocycles. The molecule has 1 atom stereocenters. The van der Waals surface area contributed by atoms with Crippen molar-refractivity contribution >= 4 is 5.91 Å². The maximum atomic E-state index is 11.0.